The number of halogens is 2. The van der Waals surface area contributed by atoms with E-state index in [4.69, 9.17) is 28.9 Å². The molecule has 0 bridgehead atoms. The van der Waals surface area contributed by atoms with E-state index >= 15 is 0 Å². The van der Waals surface area contributed by atoms with Gasteiger partial charge in [0, 0.05) is 28.2 Å². The Kier molecular flexibility index (Phi) is 5.74. The molecular weight excluding hydrogens is 291 g/mol. The van der Waals surface area contributed by atoms with Gasteiger partial charge >= 0.3 is 0 Å². The van der Waals surface area contributed by atoms with Crippen molar-refractivity contribution in [1.29, 1.82) is 0 Å². The maximum absolute atomic E-state index is 6.36. The van der Waals surface area contributed by atoms with Crippen molar-refractivity contribution < 1.29 is 0 Å². The van der Waals surface area contributed by atoms with E-state index in [1.165, 1.54) is 12.8 Å². The summed E-state index contributed by atoms with van der Waals surface area (Å²) in [7, 11) is 0. The van der Waals surface area contributed by atoms with Crippen molar-refractivity contribution >= 4 is 23.2 Å². The zero-order valence-corrected chi connectivity index (χ0v) is 13.8. The Bertz CT molecular complexity index is 442. The Balaban J connectivity index is 2.14. The van der Waals surface area contributed by atoms with Crippen LogP contribution in [-0.2, 0) is 0 Å². The molecule has 0 radical (unpaired) electrons. The molecule has 4 heteroatoms. The zero-order valence-electron chi connectivity index (χ0n) is 12.3. The van der Waals surface area contributed by atoms with E-state index in [2.05, 4.69) is 18.7 Å². The van der Waals surface area contributed by atoms with Gasteiger partial charge in [0.2, 0.25) is 0 Å². The molecule has 0 saturated heterocycles. The average molecular weight is 315 g/mol. The van der Waals surface area contributed by atoms with Gasteiger partial charge in [0.1, 0.15) is 0 Å². The van der Waals surface area contributed by atoms with Crippen molar-refractivity contribution in [3.05, 3.63) is 33.8 Å². The van der Waals surface area contributed by atoms with E-state index in [-0.39, 0.29) is 0 Å². The van der Waals surface area contributed by atoms with Crippen molar-refractivity contribution in [2.24, 2.45) is 5.73 Å². The molecule has 2 nitrogen and oxygen atoms in total. The smallest absolute Gasteiger partial charge is 0.0468 e. The summed E-state index contributed by atoms with van der Waals surface area (Å²) in [6.45, 7) is 5.47. The van der Waals surface area contributed by atoms with Crippen LogP contribution < -0.4 is 5.73 Å². The molecule has 20 heavy (non-hydrogen) atoms. The number of benzene rings is 1. The Morgan fingerprint density at radius 3 is 2.45 bits per heavy atom. The van der Waals surface area contributed by atoms with E-state index < -0.39 is 0 Å². The van der Waals surface area contributed by atoms with E-state index in [9.17, 15) is 0 Å². The maximum atomic E-state index is 6.36. The molecule has 2 rings (SSSR count). The van der Waals surface area contributed by atoms with Crippen molar-refractivity contribution in [3.63, 3.8) is 0 Å². The molecule has 1 aliphatic carbocycles. The lowest BCUT2D eigenvalue weighted by Crippen LogP contribution is -2.42. The largest absolute Gasteiger partial charge is 0.328 e. The molecule has 2 N–H and O–H groups in total. The van der Waals surface area contributed by atoms with Gasteiger partial charge in [-0.15, -0.1) is 0 Å². The molecule has 1 aromatic rings. The van der Waals surface area contributed by atoms with Gasteiger partial charge in [-0.1, -0.05) is 36.2 Å². The first kappa shape index (κ1) is 16.1. The summed E-state index contributed by atoms with van der Waals surface area (Å²) in [4.78, 5) is 2.54. The van der Waals surface area contributed by atoms with Crippen molar-refractivity contribution in [3.8, 4) is 0 Å². The highest BCUT2D eigenvalue weighted by atomic mass is 35.5. The maximum Gasteiger partial charge on any atom is 0.0468 e. The van der Waals surface area contributed by atoms with Crippen molar-refractivity contribution in [1.82, 2.24) is 4.90 Å². The first-order valence-electron chi connectivity index (χ1n) is 7.49. The molecular formula is C16H24Cl2N2. The van der Waals surface area contributed by atoms with Gasteiger partial charge in [0.15, 0.2) is 0 Å². The second kappa shape index (κ2) is 7.13. The van der Waals surface area contributed by atoms with Crippen molar-refractivity contribution in [2.75, 3.05) is 6.54 Å². The summed E-state index contributed by atoms with van der Waals surface area (Å²) in [6, 6.07) is 7.11. The van der Waals surface area contributed by atoms with Gasteiger partial charge in [-0.3, -0.25) is 4.90 Å². The van der Waals surface area contributed by atoms with Crippen LogP contribution >= 0.6 is 23.2 Å². The topological polar surface area (TPSA) is 29.3 Å². The highest BCUT2D eigenvalue weighted by Crippen LogP contribution is 2.33. The second-order valence-electron chi connectivity index (χ2n) is 5.74. The molecule has 1 fully saturated rings. The number of hydrogen-bond acceptors (Lipinski definition) is 2. The number of rotatable bonds is 4. The third-order valence-corrected chi connectivity index (χ3v) is 5.05. The van der Waals surface area contributed by atoms with Crippen LogP contribution in [0.3, 0.4) is 0 Å². The van der Waals surface area contributed by atoms with Crippen LogP contribution in [0.4, 0.5) is 0 Å². The van der Waals surface area contributed by atoms with Gasteiger partial charge in [-0.25, -0.2) is 0 Å². The molecule has 1 aliphatic rings. The second-order valence-corrected chi connectivity index (χ2v) is 6.58. The fraction of sp³-hybridized carbons (Fsp3) is 0.625. The molecule has 0 amide bonds. The molecule has 1 saturated carbocycles. The van der Waals surface area contributed by atoms with Gasteiger partial charge in [0.05, 0.1) is 0 Å². The molecule has 0 aromatic heterocycles. The van der Waals surface area contributed by atoms with E-state index in [0.29, 0.717) is 23.1 Å². The lowest BCUT2D eigenvalue weighted by Gasteiger charge is -2.39. The first-order chi connectivity index (χ1) is 9.52. The Morgan fingerprint density at radius 1 is 1.25 bits per heavy atom. The van der Waals surface area contributed by atoms with Gasteiger partial charge in [0.25, 0.3) is 0 Å². The Morgan fingerprint density at radius 2 is 1.90 bits per heavy atom. The fourth-order valence-corrected chi connectivity index (χ4v) is 3.87. The standard InChI is InChI=1S/C16H24Cl2N2/c1-3-20(14-7-5-13(19)6-8-14)11(2)15-9-4-12(17)10-16(15)18/h4,9-11,13-14H,3,5-8,19H2,1-2H3. The summed E-state index contributed by atoms with van der Waals surface area (Å²) >= 11 is 12.3. The van der Waals surface area contributed by atoms with E-state index in [0.717, 1.165) is 30.0 Å². The highest BCUT2D eigenvalue weighted by Gasteiger charge is 2.27. The third-order valence-electron chi connectivity index (χ3n) is 4.49. The van der Waals surface area contributed by atoms with Gasteiger partial charge in [-0.2, -0.15) is 0 Å². The monoisotopic (exact) mass is 314 g/mol. The number of nitrogens with two attached hydrogens (primary N) is 1. The van der Waals surface area contributed by atoms with Gasteiger partial charge < -0.3 is 5.73 Å². The summed E-state index contributed by atoms with van der Waals surface area (Å²) in [5, 5.41) is 1.45. The minimum Gasteiger partial charge on any atom is -0.328 e. The van der Waals surface area contributed by atoms with Crippen LogP contribution in [0.5, 0.6) is 0 Å². The minimum atomic E-state index is 0.309. The number of nitrogens with zero attached hydrogens (tertiary/aromatic N) is 1. The van der Waals surface area contributed by atoms with Crippen LogP contribution in [0.1, 0.15) is 51.1 Å². The van der Waals surface area contributed by atoms with Crippen LogP contribution in [0, 0.1) is 0 Å². The fourth-order valence-electron chi connectivity index (χ4n) is 3.30. The molecule has 0 aliphatic heterocycles. The normalized spacial score (nSPS) is 24.9. The summed E-state index contributed by atoms with van der Waals surface area (Å²) in [5.74, 6) is 0. The summed E-state index contributed by atoms with van der Waals surface area (Å²) in [6.07, 6.45) is 4.62. The molecule has 1 atom stereocenters. The lowest BCUT2D eigenvalue weighted by molar-refractivity contribution is 0.114. The van der Waals surface area contributed by atoms with E-state index in [1.54, 1.807) is 0 Å². The molecule has 0 spiro atoms. The first-order valence-corrected chi connectivity index (χ1v) is 8.24. The van der Waals surface area contributed by atoms with Gasteiger partial charge in [-0.05, 0) is 56.8 Å². The van der Waals surface area contributed by atoms with Crippen molar-refractivity contribution in [2.45, 2.75) is 57.7 Å². The van der Waals surface area contributed by atoms with Crippen LogP contribution in [0.15, 0.2) is 18.2 Å². The zero-order chi connectivity index (χ0) is 14.7. The lowest BCUT2D eigenvalue weighted by atomic mass is 9.89. The molecule has 1 unspecified atom stereocenters. The molecule has 0 heterocycles. The quantitative estimate of drug-likeness (QED) is 0.876. The average Bonchev–Trinajstić information content (AvgIpc) is 2.41. The SMILES string of the molecule is CCN(C1CCC(N)CC1)C(C)c1ccc(Cl)cc1Cl. The predicted molar refractivity (Wildman–Crippen MR) is 87.5 cm³/mol. The van der Waals surface area contributed by atoms with Crippen LogP contribution in [0.25, 0.3) is 0 Å². The predicted octanol–water partition coefficient (Wildman–Crippen LogP) is 4.65. The summed E-state index contributed by atoms with van der Waals surface area (Å²) < 4.78 is 0. The van der Waals surface area contributed by atoms with Crippen LogP contribution in [0.2, 0.25) is 10.0 Å². The van der Waals surface area contributed by atoms with Crippen LogP contribution in [-0.4, -0.2) is 23.5 Å². The summed E-state index contributed by atoms with van der Waals surface area (Å²) in [5.41, 5.74) is 7.17. The van der Waals surface area contributed by atoms with E-state index in [1.807, 2.05) is 18.2 Å². The molecule has 1 aromatic carbocycles. The molecule has 112 valence electrons. The Labute approximate surface area is 132 Å². The highest BCUT2D eigenvalue weighted by molar-refractivity contribution is 6.35. The Hall–Kier alpha value is -0.280. The third kappa shape index (κ3) is 3.67. The minimum absolute atomic E-state index is 0.309. The number of hydrogen-bond donors (Lipinski definition) is 1.